The molecule has 0 amide bonds. The van der Waals surface area contributed by atoms with E-state index in [-0.39, 0.29) is 6.04 Å². The monoisotopic (exact) mass is 324 g/mol. The molecule has 3 saturated heterocycles. The minimum Gasteiger partial charge on any atom is -0.497 e. The van der Waals surface area contributed by atoms with Crippen molar-refractivity contribution in [3.05, 3.63) is 48.7 Å². The number of methoxy groups -OCH3 is 1. The molecule has 0 saturated carbocycles. The third kappa shape index (κ3) is 2.50. The van der Waals surface area contributed by atoms with Crippen molar-refractivity contribution in [3.63, 3.8) is 0 Å². The van der Waals surface area contributed by atoms with Crippen molar-refractivity contribution in [3.8, 4) is 5.75 Å². The molecular weight excluding hydrogens is 300 g/mol. The zero-order valence-corrected chi connectivity index (χ0v) is 14.1. The van der Waals surface area contributed by atoms with Crippen molar-refractivity contribution in [2.45, 2.75) is 25.0 Å². The summed E-state index contributed by atoms with van der Waals surface area (Å²) in [5.41, 5.74) is 1.85. The van der Waals surface area contributed by atoms with Crippen molar-refractivity contribution in [2.24, 2.45) is 11.8 Å². The molecule has 4 heterocycles. The Kier molecular flexibility index (Phi) is 4.02. The second-order valence-electron chi connectivity index (χ2n) is 6.97. The SMILES string of the molecule is C=C[C@H]1C[N@@]2CC[C@H]1C[C@@H]2C(O)c1ccnc2ccc(OC)cc12. The molecule has 126 valence electrons. The second kappa shape index (κ2) is 6.19. The molecular formula is C20H24N2O2. The van der Waals surface area contributed by atoms with E-state index in [4.69, 9.17) is 4.74 Å². The predicted octanol–water partition coefficient (Wildman–Crippen LogP) is 3.17. The molecule has 3 aliphatic heterocycles. The summed E-state index contributed by atoms with van der Waals surface area (Å²) in [6.45, 7) is 6.07. The van der Waals surface area contributed by atoms with Crippen LogP contribution >= 0.6 is 0 Å². The Morgan fingerprint density at radius 1 is 1.42 bits per heavy atom. The van der Waals surface area contributed by atoms with Crippen molar-refractivity contribution >= 4 is 10.9 Å². The number of aliphatic hydroxyl groups excluding tert-OH is 1. The minimum absolute atomic E-state index is 0.178. The van der Waals surface area contributed by atoms with Crippen LogP contribution in [0.2, 0.25) is 0 Å². The van der Waals surface area contributed by atoms with Gasteiger partial charge in [0.25, 0.3) is 0 Å². The fraction of sp³-hybridized carbons (Fsp3) is 0.450. The van der Waals surface area contributed by atoms with Crippen LogP contribution in [0.4, 0.5) is 0 Å². The topological polar surface area (TPSA) is 45.6 Å². The van der Waals surface area contributed by atoms with Crippen molar-refractivity contribution in [1.29, 1.82) is 0 Å². The maximum atomic E-state index is 11.2. The zero-order chi connectivity index (χ0) is 16.7. The van der Waals surface area contributed by atoms with Crippen LogP contribution in [0.5, 0.6) is 5.75 Å². The number of aliphatic hydroxyl groups is 1. The van der Waals surface area contributed by atoms with E-state index in [0.29, 0.717) is 11.8 Å². The molecule has 5 atom stereocenters. The highest BCUT2D eigenvalue weighted by Gasteiger charge is 2.42. The molecule has 5 rings (SSSR count). The van der Waals surface area contributed by atoms with E-state index in [2.05, 4.69) is 22.5 Å². The quantitative estimate of drug-likeness (QED) is 0.878. The standard InChI is InChI=1S/C20H24N2O2/c1-3-13-12-22-9-7-14(13)10-19(22)20(23)16-6-8-21-18-5-4-15(24-2)11-17(16)18/h3-6,8,11,13-14,19-20,23H,1,7,9-10,12H2,2H3/t13-,14-,19+,20?/m0/s1. The molecule has 1 aromatic carbocycles. The van der Waals surface area contributed by atoms with Gasteiger partial charge in [-0.05, 0) is 61.1 Å². The summed E-state index contributed by atoms with van der Waals surface area (Å²) in [6.07, 6.45) is 5.62. The smallest absolute Gasteiger partial charge is 0.119 e. The highest BCUT2D eigenvalue weighted by molar-refractivity contribution is 5.83. The highest BCUT2D eigenvalue weighted by Crippen LogP contribution is 2.42. The predicted molar refractivity (Wildman–Crippen MR) is 95.0 cm³/mol. The lowest BCUT2D eigenvalue weighted by Gasteiger charge is -2.50. The van der Waals surface area contributed by atoms with E-state index in [1.165, 1.54) is 6.42 Å². The van der Waals surface area contributed by atoms with Crippen LogP contribution in [-0.4, -0.2) is 41.2 Å². The van der Waals surface area contributed by atoms with E-state index < -0.39 is 6.10 Å². The third-order valence-electron chi connectivity index (χ3n) is 5.82. The summed E-state index contributed by atoms with van der Waals surface area (Å²) in [5.74, 6) is 2.01. The van der Waals surface area contributed by atoms with Gasteiger partial charge >= 0.3 is 0 Å². The van der Waals surface area contributed by atoms with Gasteiger partial charge in [-0.3, -0.25) is 9.88 Å². The molecule has 1 aromatic heterocycles. The van der Waals surface area contributed by atoms with Crippen LogP contribution in [0.15, 0.2) is 43.1 Å². The fourth-order valence-electron chi connectivity index (χ4n) is 4.44. The molecule has 2 bridgehead atoms. The molecule has 0 spiro atoms. The fourth-order valence-corrected chi connectivity index (χ4v) is 4.44. The molecule has 0 radical (unpaired) electrons. The van der Waals surface area contributed by atoms with Gasteiger partial charge in [-0.1, -0.05) is 6.08 Å². The number of rotatable bonds is 4. The van der Waals surface area contributed by atoms with Gasteiger partial charge in [0.15, 0.2) is 0 Å². The maximum absolute atomic E-state index is 11.2. The van der Waals surface area contributed by atoms with Crippen LogP contribution < -0.4 is 4.74 Å². The number of hydrogen-bond donors (Lipinski definition) is 1. The first-order chi connectivity index (χ1) is 11.7. The Balaban J connectivity index is 1.69. The molecule has 2 aromatic rings. The molecule has 1 unspecified atom stereocenters. The van der Waals surface area contributed by atoms with Gasteiger partial charge in [0, 0.05) is 24.2 Å². The van der Waals surface area contributed by atoms with E-state index in [1.54, 1.807) is 13.3 Å². The van der Waals surface area contributed by atoms with Gasteiger partial charge in [0.1, 0.15) is 5.75 Å². The first kappa shape index (κ1) is 15.6. The molecule has 4 nitrogen and oxygen atoms in total. The van der Waals surface area contributed by atoms with Crippen LogP contribution in [0, 0.1) is 11.8 Å². The largest absolute Gasteiger partial charge is 0.497 e. The molecule has 3 aliphatic rings. The number of aromatic nitrogens is 1. The number of hydrogen-bond acceptors (Lipinski definition) is 4. The lowest BCUT2D eigenvalue weighted by Crippen LogP contribution is -2.54. The molecule has 4 heteroatoms. The van der Waals surface area contributed by atoms with Crippen LogP contribution in [0.1, 0.15) is 24.5 Å². The maximum Gasteiger partial charge on any atom is 0.119 e. The zero-order valence-electron chi connectivity index (χ0n) is 14.1. The summed E-state index contributed by atoms with van der Waals surface area (Å²) in [6, 6.07) is 7.96. The Hall–Kier alpha value is -1.91. The number of nitrogens with zero attached hydrogens (tertiary/aromatic N) is 2. The Morgan fingerprint density at radius 3 is 3.00 bits per heavy atom. The lowest BCUT2D eigenvalue weighted by atomic mass is 9.73. The molecule has 1 N–H and O–H groups in total. The van der Waals surface area contributed by atoms with Crippen molar-refractivity contribution in [2.75, 3.05) is 20.2 Å². The normalized spacial score (nSPS) is 30.2. The average molecular weight is 324 g/mol. The lowest BCUT2D eigenvalue weighted by molar-refractivity contribution is -0.0444. The van der Waals surface area contributed by atoms with Crippen molar-refractivity contribution in [1.82, 2.24) is 9.88 Å². The van der Waals surface area contributed by atoms with Gasteiger partial charge in [-0.25, -0.2) is 0 Å². The summed E-state index contributed by atoms with van der Waals surface area (Å²) < 4.78 is 5.35. The summed E-state index contributed by atoms with van der Waals surface area (Å²) in [7, 11) is 1.66. The Bertz CT molecular complexity index is 760. The van der Waals surface area contributed by atoms with E-state index in [1.807, 2.05) is 24.3 Å². The Morgan fingerprint density at radius 2 is 2.29 bits per heavy atom. The Labute approximate surface area is 142 Å². The van der Waals surface area contributed by atoms with Gasteiger partial charge in [0.05, 0.1) is 18.7 Å². The van der Waals surface area contributed by atoms with Gasteiger partial charge in [-0.15, -0.1) is 6.58 Å². The van der Waals surface area contributed by atoms with E-state index in [9.17, 15) is 5.11 Å². The van der Waals surface area contributed by atoms with E-state index >= 15 is 0 Å². The average Bonchev–Trinajstić information content (AvgIpc) is 2.66. The van der Waals surface area contributed by atoms with E-state index in [0.717, 1.165) is 41.7 Å². The molecule has 24 heavy (non-hydrogen) atoms. The van der Waals surface area contributed by atoms with Gasteiger partial charge in [-0.2, -0.15) is 0 Å². The number of fused-ring (bicyclic) bond motifs is 4. The first-order valence-electron chi connectivity index (χ1n) is 8.68. The second-order valence-corrected chi connectivity index (χ2v) is 6.97. The summed E-state index contributed by atoms with van der Waals surface area (Å²) >= 11 is 0. The third-order valence-corrected chi connectivity index (χ3v) is 5.82. The highest BCUT2D eigenvalue weighted by atomic mass is 16.5. The van der Waals surface area contributed by atoms with Gasteiger partial charge < -0.3 is 9.84 Å². The van der Waals surface area contributed by atoms with Crippen molar-refractivity contribution < 1.29 is 9.84 Å². The first-order valence-corrected chi connectivity index (χ1v) is 8.68. The number of ether oxygens (including phenoxy) is 1. The van der Waals surface area contributed by atoms with Crippen LogP contribution in [0.3, 0.4) is 0 Å². The van der Waals surface area contributed by atoms with Gasteiger partial charge in [0.2, 0.25) is 0 Å². The molecule has 3 fully saturated rings. The van der Waals surface area contributed by atoms with Crippen LogP contribution in [0.25, 0.3) is 10.9 Å². The molecule has 0 aliphatic carbocycles. The number of benzene rings is 1. The minimum atomic E-state index is -0.504. The number of pyridine rings is 1. The van der Waals surface area contributed by atoms with Crippen LogP contribution in [-0.2, 0) is 0 Å². The number of piperidine rings is 3. The summed E-state index contributed by atoms with van der Waals surface area (Å²) in [4.78, 5) is 6.86. The summed E-state index contributed by atoms with van der Waals surface area (Å²) in [5, 5.41) is 12.1.